The molecule has 0 bridgehead atoms. The largest absolute Gasteiger partial charge is 0.287 e. The molecule has 0 saturated carbocycles. The van der Waals surface area contributed by atoms with Crippen LogP contribution in [0.5, 0.6) is 0 Å². The van der Waals surface area contributed by atoms with Gasteiger partial charge in [0.2, 0.25) is 5.78 Å². The molecule has 84 valence electrons. The van der Waals surface area contributed by atoms with Crippen molar-refractivity contribution in [3.05, 3.63) is 30.6 Å². The minimum Gasteiger partial charge on any atom is -0.287 e. The zero-order valence-electron chi connectivity index (χ0n) is 7.87. The maximum atomic E-state index is 12.1. The normalized spacial score (nSPS) is 10.8. The number of rotatable bonds is 2. The van der Waals surface area contributed by atoms with E-state index in [1.54, 1.807) is 7.05 Å². The van der Waals surface area contributed by atoms with E-state index >= 15 is 0 Å². The highest BCUT2D eigenvalue weighted by atomic mass is 79.9. The Morgan fingerprint density at radius 1 is 1.56 bits per heavy atom. The predicted octanol–water partition coefficient (Wildman–Crippen LogP) is 3.18. The average Bonchev–Trinajstić information content (AvgIpc) is 2.70. The van der Waals surface area contributed by atoms with Crippen LogP contribution in [0, 0.1) is 0 Å². The Kier molecular flexibility index (Phi) is 3.34. The maximum absolute atomic E-state index is 12.1. The first-order valence-electron chi connectivity index (χ1n) is 4.05. The second-order valence-electron chi connectivity index (χ2n) is 2.92. The summed E-state index contributed by atoms with van der Waals surface area (Å²) in [6.07, 6.45) is 0. The van der Waals surface area contributed by atoms with E-state index in [4.69, 9.17) is 23.2 Å². The number of carbonyl (C=O) groups is 1. The number of halogens is 3. The van der Waals surface area contributed by atoms with Gasteiger partial charge in [0.25, 0.3) is 0 Å². The molecule has 2 rings (SSSR count). The van der Waals surface area contributed by atoms with Crippen molar-refractivity contribution in [3.63, 3.8) is 0 Å². The van der Waals surface area contributed by atoms with Crippen molar-refractivity contribution in [2.75, 3.05) is 0 Å². The lowest BCUT2D eigenvalue weighted by Crippen LogP contribution is -2.08. The lowest BCUT2D eigenvalue weighted by Gasteiger charge is -1.98. The molecule has 0 N–H and O–H groups in total. The SMILES string of the molecule is Cn1nnc(Br)c1C(=O)c1cc(Cl)sc1Cl. The van der Waals surface area contributed by atoms with E-state index in [9.17, 15) is 4.79 Å². The van der Waals surface area contributed by atoms with Crippen LogP contribution in [0.25, 0.3) is 0 Å². The highest BCUT2D eigenvalue weighted by Gasteiger charge is 2.22. The van der Waals surface area contributed by atoms with Crippen LogP contribution in [-0.4, -0.2) is 20.8 Å². The first kappa shape index (κ1) is 12.0. The summed E-state index contributed by atoms with van der Waals surface area (Å²) in [5.41, 5.74) is 0.708. The zero-order valence-corrected chi connectivity index (χ0v) is 11.8. The van der Waals surface area contributed by atoms with Crippen molar-refractivity contribution < 1.29 is 4.79 Å². The monoisotopic (exact) mass is 339 g/mol. The third kappa shape index (κ3) is 2.02. The molecule has 0 aromatic carbocycles. The molecule has 0 amide bonds. The van der Waals surface area contributed by atoms with Crippen LogP contribution in [0.15, 0.2) is 10.7 Å². The summed E-state index contributed by atoms with van der Waals surface area (Å²) in [6, 6.07) is 1.54. The summed E-state index contributed by atoms with van der Waals surface area (Å²) in [5, 5.41) is 7.46. The van der Waals surface area contributed by atoms with E-state index < -0.39 is 0 Å². The van der Waals surface area contributed by atoms with Gasteiger partial charge in [0.1, 0.15) is 10.0 Å². The Balaban J connectivity index is 2.51. The fourth-order valence-corrected chi connectivity index (χ4v) is 3.16. The van der Waals surface area contributed by atoms with E-state index in [0.29, 0.717) is 24.5 Å². The van der Waals surface area contributed by atoms with Crippen molar-refractivity contribution in [2.45, 2.75) is 0 Å². The first-order valence-corrected chi connectivity index (χ1v) is 6.42. The fourth-order valence-electron chi connectivity index (χ4n) is 1.20. The van der Waals surface area contributed by atoms with Crippen molar-refractivity contribution in [3.8, 4) is 0 Å². The van der Waals surface area contributed by atoms with E-state index in [1.165, 1.54) is 10.7 Å². The molecule has 2 aromatic rings. The average molecular weight is 341 g/mol. The highest BCUT2D eigenvalue weighted by Crippen LogP contribution is 2.33. The summed E-state index contributed by atoms with van der Waals surface area (Å²) < 4.78 is 2.61. The summed E-state index contributed by atoms with van der Waals surface area (Å²) in [7, 11) is 1.63. The minimum absolute atomic E-state index is 0.257. The molecule has 0 unspecified atom stereocenters. The molecule has 0 radical (unpaired) electrons. The van der Waals surface area contributed by atoms with Gasteiger partial charge in [-0.1, -0.05) is 28.4 Å². The summed E-state index contributed by atoms with van der Waals surface area (Å²) >= 11 is 16.0. The third-order valence-corrected chi connectivity index (χ3v) is 3.92. The van der Waals surface area contributed by atoms with Crippen molar-refractivity contribution in [1.29, 1.82) is 0 Å². The van der Waals surface area contributed by atoms with Crippen LogP contribution in [0.4, 0.5) is 0 Å². The van der Waals surface area contributed by atoms with Gasteiger partial charge in [-0.3, -0.25) is 4.79 Å². The van der Waals surface area contributed by atoms with E-state index in [0.717, 1.165) is 11.3 Å². The molecule has 0 aliphatic carbocycles. The second kappa shape index (κ2) is 4.44. The number of ketones is 1. The lowest BCUT2D eigenvalue weighted by molar-refractivity contribution is 0.103. The van der Waals surface area contributed by atoms with E-state index in [2.05, 4.69) is 26.2 Å². The van der Waals surface area contributed by atoms with Gasteiger partial charge in [0, 0.05) is 7.05 Å². The van der Waals surface area contributed by atoms with Gasteiger partial charge in [0.15, 0.2) is 4.60 Å². The standard InChI is InChI=1S/C8H4BrCl2N3OS/c1-14-5(7(9)12-13-14)6(15)3-2-4(10)16-8(3)11/h2H,1H3. The lowest BCUT2D eigenvalue weighted by atomic mass is 10.2. The van der Waals surface area contributed by atoms with Crippen molar-refractivity contribution in [2.24, 2.45) is 7.05 Å². The number of thiophene rings is 1. The highest BCUT2D eigenvalue weighted by molar-refractivity contribution is 9.10. The zero-order chi connectivity index (χ0) is 11.9. The van der Waals surface area contributed by atoms with E-state index in [-0.39, 0.29) is 5.78 Å². The molecule has 0 atom stereocenters. The van der Waals surface area contributed by atoms with Crippen LogP contribution < -0.4 is 0 Å². The topological polar surface area (TPSA) is 47.8 Å². The van der Waals surface area contributed by atoms with Crippen molar-refractivity contribution in [1.82, 2.24) is 15.0 Å². The summed E-state index contributed by atoms with van der Waals surface area (Å²) in [5.74, 6) is -0.257. The second-order valence-corrected chi connectivity index (χ2v) is 5.96. The van der Waals surface area contributed by atoms with Crippen LogP contribution in [-0.2, 0) is 7.05 Å². The Hall–Kier alpha value is -0.430. The van der Waals surface area contributed by atoms with Gasteiger partial charge < -0.3 is 0 Å². The number of aryl methyl sites for hydroxylation is 1. The molecule has 2 heterocycles. The molecule has 0 spiro atoms. The number of hydrogen-bond acceptors (Lipinski definition) is 4. The molecular weight excluding hydrogens is 337 g/mol. The smallest absolute Gasteiger partial charge is 0.216 e. The molecule has 0 fully saturated rings. The van der Waals surface area contributed by atoms with Crippen LogP contribution in [0.2, 0.25) is 8.67 Å². The quantitative estimate of drug-likeness (QED) is 0.789. The molecular formula is C8H4BrCl2N3OS. The Bertz CT molecular complexity index is 546. The molecule has 0 saturated heterocycles. The minimum atomic E-state index is -0.257. The van der Waals surface area contributed by atoms with Crippen LogP contribution in [0.3, 0.4) is 0 Å². The molecule has 0 aliphatic rings. The van der Waals surface area contributed by atoms with E-state index in [1.807, 2.05) is 0 Å². The molecule has 0 aliphatic heterocycles. The van der Waals surface area contributed by atoms with Crippen molar-refractivity contribution >= 4 is 56.3 Å². The predicted molar refractivity (Wildman–Crippen MR) is 66.5 cm³/mol. The Morgan fingerprint density at radius 2 is 2.25 bits per heavy atom. The summed E-state index contributed by atoms with van der Waals surface area (Å²) in [6.45, 7) is 0. The Morgan fingerprint density at radius 3 is 2.69 bits per heavy atom. The number of carbonyl (C=O) groups excluding carboxylic acids is 1. The van der Waals surface area contributed by atoms with Gasteiger partial charge in [-0.15, -0.1) is 16.4 Å². The molecule has 4 nitrogen and oxygen atoms in total. The van der Waals surface area contributed by atoms with Crippen LogP contribution >= 0.6 is 50.5 Å². The number of hydrogen-bond donors (Lipinski definition) is 0. The summed E-state index contributed by atoms with van der Waals surface area (Å²) in [4.78, 5) is 12.1. The van der Waals surface area contributed by atoms with Gasteiger partial charge in [0.05, 0.1) is 9.90 Å². The molecule has 8 heteroatoms. The van der Waals surface area contributed by atoms with Crippen LogP contribution in [0.1, 0.15) is 16.1 Å². The number of nitrogens with zero attached hydrogens (tertiary/aromatic N) is 3. The molecule has 16 heavy (non-hydrogen) atoms. The fraction of sp³-hybridized carbons (Fsp3) is 0.125. The maximum Gasteiger partial charge on any atom is 0.216 e. The van der Waals surface area contributed by atoms with Gasteiger partial charge in [-0.2, -0.15) is 0 Å². The third-order valence-electron chi connectivity index (χ3n) is 1.90. The first-order chi connectivity index (χ1) is 7.50. The Labute approximate surface area is 113 Å². The van der Waals surface area contributed by atoms with Gasteiger partial charge in [-0.25, -0.2) is 4.68 Å². The van der Waals surface area contributed by atoms with Gasteiger partial charge in [-0.05, 0) is 22.0 Å². The number of aromatic nitrogens is 3. The van der Waals surface area contributed by atoms with Gasteiger partial charge >= 0.3 is 0 Å². The molecule has 2 aromatic heterocycles.